The van der Waals surface area contributed by atoms with Crippen molar-refractivity contribution < 1.29 is 9.84 Å². The van der Waals surface area contributed by atoms with Crippen LogP contribution in [0.1, 0.15) is 18.4 Å². The number of hydrogen-bond donors (Lipinski definition) is 2. The Labute approximate surface area is 125 Å². The zero-order chi connectivity index (χ0) is 14.5. The van der Waals surface area contributed by atoms with Crippen molar-refractivity contribution in [3.63, 3.8) is 0 Å². The lowest BCUT2D eigenvalue weighted by Gasteiger charge is -2.25. The van der Waals surface area contributed by atoms with Crippen LogP contribution in [-0.2, 0) is 11.3 Å². The van der Waals surface area contributed by atoms with Gasteiger partial charge in [0.15, 0.2) is 0 Å². The minimum absolute atomic E-state index is 0.341. The molecule has 0 heterocycles. The number of ether oxygens (including phenoxy) is 1. The van der Waals surface area contributed by atoms with E-state index >= 15 is 0 Å². The Hall–Kier alpha value is -0.810. The molecule has 1 aromatic carbocycles. The number of benzene rings is 1. The average molecular weight is 299 g/mol. The number of nitrogens with zero attached hydrogens (tertiary/aromatic N) is 1. The monoisotopic (exact) mass is 298 g/mol. The van der Waals surface area contributed by atoms with Crippen molar-refractivity contribution in [1.29, 1.82) is 0 Å². The van der Waals surface area contributed by atoms with Gasteiger partial charge >= 0.3 is 0 Å². The molecule has 2 N–H and O–H groups in total. The maximum Gasteiger partial charge on any atom is 0.0947 e. The zero-order valence-corrected chi connectivity index (χ0v) is 12.9. The van der Waals surface area contributed by atoms with Gasteiger partial charge in [0.1, 0.15) is 0 Å². The first-order chi connectivity index (χ1) is 9.60. The van der Waals surface area contributed by atoms with Gasteiger partial charge in [-0.25, -0.2) is 0 Å². The van der Waals surface area contributed by atoms with Crippen LogP contribution in [0.5, 0.6) is 0 Å². The molecule has 1 unspecified atom stereocenters. The van der Waals surface area contributed by atoms with Crippen LogP contribution in [0.15, 0.2) is 18.2 Å². The molecule has 0 aliphatic heterocycles. The van der Waals surface area contributed by atoms with Crippen LogP contribution in [0, 0.1) is 0 Å². The van der Waals surface area contributed by atoms with Crippen LogP contribution < -0.4 is 10.2 Å². The van der Waals surface area contributed by atoms with Crippen LogP contribution in [0.4, 0.5) is 5.69 Å². The fourth-order valence-corrected chi connectivity index (χ4v) is 2.46. The van der Waals surface area contributed by atoms with Gasteiger partial charge in [0.05, 0.1) is 12.7 Å². The second-order valence-electron chi connectivity index (χ2n) is 5.42. The highest BCUT2D eigenvalue weighted by Gasteiger charge is 2.21. The predicted octanol–water partition coefficient (Wildman–Crippen LogP) is 2.04. The van der Waals surface area contributed by atoms with E-state index in [4.69, 9.17) is 16.3 Å². The highest BCUT2D eigenvalue weighted by Crippen LogP contribution is 2.26. The summed E-state index contributed by atoms with van der Waals surface area (Å²) in [5, 5.41) is 14.1. The van der Waals surface area contributed by atoms with Crippen molar-refractivity contribution in [3.05, 3.63) is 28.8 Å². The van der Waals surface area contributed by atoms with E-state index in [2.05, 4.69) is 5.32 Å². The number of rotatable bonds is 8. The lowest BCUT2D eigenvalue weighted by Crippen LogP contribution is -2.32. The third-order valence-electron chi connectivity index (χ3n) is 3.45. The fraction of sp³-hybridized carbons (Fsp3) is 0.600. The minimum atomic E-state index is -0.495. The molecule has 1 aliphatic rings. The van der Waals surface area contributed by atoms with E-state index in [1.54, 1.807) is 7.11 Å². The molecule has 20 heavy (non-hydrogen) atoms. The molecule has 0 aromatic heterocycles. The van der Waals surface area contributed by atoms with Crippen LogP contribution in [0.3, 0.4) is 0 Å². The van der Waals surface area contributed by atoms with Crippen LogP contribution in [0.2, 0.25) is 5.02 Å². The lowest BCUT2D eigenvalue weighted by molar-refractivity contribution is 0.0695. The van der Waals surface area contributed by atoms with E-state index in [-0.39, 0.29) is 0 Å². The molecule has 1 fully saturated rings. The van der Waals surface area contributed by atoms with Crippen molar-refractivity contribution in [3.8, 4) is 0 Å². The van der Waals surface area contributed by atoms with Crippen LogP contribution >= 0.6 is 11.6 Å². The molecule has 4 nitrogen and oxygen atoms in total. The third kappa shape index (κ3) is 4.63. The molecule has 0 radical (unpaired) electrons. The summed E-state index contributed by atoms with van der Waals surface area (Å²) in [7, 11) is 3.57. The molecule has 0 saturated heterocycles. The summed E-state index contributed by atoms with van der Waals surface area (Å²) in [5.41, 5.74) is 2.26. The normalized spacial score (nSPS) is 16.2. The molecule has 1 aliphatic carbocycles. The molecular weight excluding hydrogens is 276 g/mol. The minimum Gasteiger partial charge on any atom is -0.389 e. The second-order valence-corrected chi connectivity index (χ2v) is 5.85. The summed E-state index contributed by atoms with van der Waals surface area (Å²) in [5.74, 6) is 0. The molecule has 0 spiro atoms. The van der Waals surface area contributed by atoms with E-state index in [1.807, 2.05) is 30.1 Å². The van der Waals surface area contributed by atoms with Crippen molar-refractivity contribution in [2.24, 2.45) is 0 Å². The standard InChI is InChI=1S/C15H23ClN2O2/c1-18(9-14(19)10-20-2)15-6-3-12(16)7-11(15)8-17-13-4-5-13/h3,6-7,13-14,17,19H,4-5,8-10H2,1-2H3. The Morgan fingerprint density at radius 1 is 1.50 bits per heavy atom. The fourth-order valence-electron chi connectivity index (χ4n) is 2.27. The van der Waals surface area contributed by atoms with E-state index in [1.165, 1.54) is 12.8 Å². The number of aliphatic hydroxyl groups excluding tert-OH is 1. The average Bonchev–Trinajstić information content (AvgIpc) is 3.20. The van der Waals surface area contributed by atoms with Crippen molar-refractivity contribution in [2.45, 2.75) is 31.5 Å². The van der Waals surface area contributed by atoms with Crippen molar-refractivity contribution in [1.82, 2.24) is 5.32 Å². The maximum atomic E-state index is 9.85. The topological polar surface area (TPSA) is 44.7 Å². The van der Waals surface area contributed by atoms with Gasteiger partial charge < -0.3 is 20.1 Å². The smallest absolute Gasteiger partial charge is 0.0947 e. The summed E-state index contributed by atoms with van der Waals surface area (Å²) in [6, 6.07) is 6.54. The number of halogens is 1. The molecule has 1 saturated carbocycles. The molecule has 5 heteroatoms. The third-order valence-corrected chi connectivity index (χ3v) is 3.69. The van der Waals surface area contributed by atoms with Gasteiger partial charge in [-0.1, -0.05) is 11.6 Å². The summed E-state index contributed by atoms with van der Waals surface area (Å²) in [6.45, 7) is 1.69. The molecule has 0 amide bonds. The summed E-state index contributed by atoms with van der Waals surface area (Å²) in [4.78, 5) is 2.05. The molecule has 2 rings (SSSR count). The number of nitrogens with one attached hydrogen (secondary N) is 1. The maximum absolute atomic E-state index is 9.85. The Balaban J connectivity index is 2.03. The van der Waals surface area contributed by atoms with Gasteiger partial charge in [0, 0.05) is 44.0 Å². The van der Waals surface area contributed by atoms with Gasteiger partial charge in [0.25, 0.3) is 0 Å². The van der Waals surface area contributed by atoms with Crippen molar-refractivity contribution >= 4 is 17.3 Å². The zero-order valence-electron chi connectivity index (χ0n) is 12.1. The molecule has 0 bridgehead atoms. The molecular formula is C15H23ClN2O2. The second kappa shape index (κ2) is 7.27. The molecule has 1 atom stereocenters. The Morgan fingerprint density at radius 2 is 2.25 bits per heavy atom. The highest BCUT2D eigenvalue weighted by molar-refractivity contribution is 6.30. The molecule has 1 aromatic rings. The number of hydrogen-bond acceptors (Lipinski definition) is 4. The number of likely N-dealkylation sites (N-methyl/N-ethyl adjacent to an activating group) is 1. The number of anilines is 1. The summed E-state index contributed by atoms with van der Waals surface area (Å²) >= 11 is 6.09. The Bertz CT molecular complexity index is 438. The largest absolute Gasteiger partial charge is 0.389 e. The lowest BCUT2D eigenvalue weighted by atomic mass is 10.1. The van der Waals surface area contributed by atoms with Gasteiger partial charge in [0.2, 0.25) is 0 Å². The first-order valence-corrected chi connectivity index (χ1v) is 7.38. The Morgan fingerprint density at radius 3 is 2.90 bits per heavy atom. The summed E-state index contributed by atoms with van der Waals surface area (Å²) < 4.78 is 4.97. The molecule has 112 valence electrons. The van der Waals surface area contributed by atoms with E-state index < -0.39 is 6.10 Å². The van der Waals surface area contributed by atoms with Gasteiger partial charge in [-0.2, -0.15) is 0 Å². The van der Waals surface area contributed by atoms with E-state index in [9.17, 15) is 5.11 Å². The SMILES string of the molecule is COCC(O)CN(C)c1ccc(Cl)cc1CNC1CC1. The first kappa shape index (κ1) is 15.6. The van der Waals surface area contributed by atoms with Gasteiger partial charge in [-0.05, 0) is 36.6 Å². The summed E-state index contributed by atoms with van der Waals surface area (Å²) in [6.07, 6.45) is 2.03. The van der Waals surface area contributed by atoms with E-state index in [0.29, 0.717) is 19.2 Å². The van der Waals surface area contributed by atoms with Gasteiger partial charge in [-0.3, -0.25) is 0 Å². The number of aliphatic hydroxyl groups is 1. The Kier molecular flexibility index (Phi) is 5.66. The number of methoxy groups -OCH3 is 1. The quantitative estimate of drug-likeness (QED) is 0.771. The van der Waals surface area contributed by atoms with Crippen molar-refractivity contribution in [2.75, 3.05) is 32.2 Å². The predicted molar refractivity (Wildman–Crippen MR) is 82.5 cm³/mol. The first-order valence-electron chi connectivity index (χ1n) is 7.00. The highest BCUT2D eigenvalue weighted by atomic mass is 35.5. The van der Waals surface area contributed by atoms with E-state index in [0.717, 1.165) is 22.8 Å². The van der Waals surface area contributed by atoms with Gasteiger partial charge in [-0.15, -0.1) is 0 Å². The van der Waals surface area contributed by atoms with Crippen LogP contribution in [0.25, 0.3) is 0 Å². The van der Waals surface area contributed by atoms with Crippen LogP contribution in [-0.4, -0.2) is 44.6 Å².